The lowest BCUT2D eigenvalue weighted by molar-refractivity contribution is -0.161. The van der Waals surface area contributed by atoms with E-state index in [0.29, 0.717) is 19.5 Å². The fraction of sp³-hybridized carbons (Fsp3) is 0.308. The number of rotatable bonds is 5. The molecule has 0 aromatic heterocycles. The Labute approximate surface area is 177 Å². The number of carbonyl (C=O) groups is 2. The number of benzene rings is 2. The molecule has 4 rings (SSSR count). The molecule has 0 N–H and O–H groups in total. The average Bonchev–Trinajstić information content (AvgIpc) is 2.80. The van der Waals surface area contributed by atoms with Crippen molar-refractivity contribution in [1.82, 2.24) is 4.90 Å². The van der Waals surface area contributed by atoms with Crippen molar-refractivity contribution in [3.05, 3.63) is 83.9 Å². The summed E-state index contributed by atoms with van der Waals surface area (Å²) in [5.74, 6) is 1.35. The SMILES string of the molecule is C#CC(OC(=O)C1CC=CC2CCN(Cc3ccccc3)C(=O)C21)c1ccccc1. The number of carbonyl (C=O) groups excluding carboxylic acids is 2. The van der Waals surface area contributed by atoms with Gasteiger partial charge in [0.2, 0.25) is 5.91 Å². The minimum atomic E-state index is -0.748. The van der Waals surface area contributed by atoms with E-state index in [-0.39, 0.29) is 11.8 Å². The second-order valence-corrected chi connectivity index (χ2v) is 7.89. The third-order valence-electron chi connectivity index (χ3n) is 6.00. The highest BCUT2D eigenvalue weighted by atomic mass is 16.5. The molecule has 2 aliphatic rings. The molecule has 1 fully saturated rings. The van der Waals surface area contributed by atoms with E-state index in [1.165, 1.54) is 0 Å². The maximum atomic E-state index is 13.3. The van der Waals surface area contributed by atoms with Crippen LogP contribution in [0.1, 0.15) is 30.1 Å². The Bertz CT molecular complexity index is 961. The Hall–Kier alpha value is -3.32. The first-order valence-corrected chi connectivity index (χ1v) is 10.4. The molecule has 1 heterocycles. The Morgan fingerprint density at radius 1 is 1.13 bits per heavy atom. The topological polar surface area (TPSA) is 46.6 Å². The molecule has 4 heteroatoms. The zero-order valence-electron chi connectivity index (χ0n) is 16.8. The van der Waals surface area contributed by atoms with Crippen LogP contribution in [0.15, 0.2) is 72.8 Å². The van der Waals surface area contributed by atoms with Crippen LogP contribution >= 0.6 is 0 Å². The van der Waals surface area contributed by atoms with Gasteiger partial charge in [0.25, 0.3) is 0 Å². The average molecular weight is 399 g/mol. The van der Waals surface area contributed by atoms with E-state index >= 15 is 0 Å². The van der Waals surface area contributed by atoms with Gasteiger partial charge in [-0.2, -0.15) is 0 Å². The number of likely N-dealkylation sites (tertiary alicyclic amines) is 1. The number of piperidine rings is 1. The van der Waals surface area contributed by atoms with E-state index < -0.39 is 23.9 Å². The van der Waals surface area contributed by atoms with Gasteiger partial charge in [-0.1, -0.05) is 78.7 Å². The summed E-state index contributed by atoms with van der Waals surface area (Å²) in [5, 5.41) is 0. The van der Waals surface area contributed by atoms with Crippen LogP contribution in [-0.2, 0) is 20.9 Å². The lowest BCUT2D eigenvalue weighted by atomic mass is 9.71. The van der Waals surface area contributed by atoms with Gasteiger partial charge in [-0.15, -0.1) is 6.42 Å². The van der Waals surface area contributed by atoms with Crippen molar-refractivity contribution in [1.29, 1.82) is 0 Å². The van der Waals surface area contributed by atoms with Gasteiger partial charge >= 0.3 is 5.97 Å². The smallest absolute Gasteiger partial charge is 0.311 e. The first-order valence-electron chi connectivity index (χ1n) is 10.4. The predicted octanol–water partition coefficient (Wildman–Crippen LogP) is 4.15. The molecular formula is C26H25NO3. The quantitative estimate of drug-likeness (QED) is 0.431. The van der Waals surface area contributed by atoms with Gasteiger partial charge in [0, 0.05) is 18.7 Å². The summed E-state index contributed by atoms with van der Waals surface area (Å²) in [6, 6.07) is 19.2. The molecule has 152 valence electrons. The Morgan fingerprint density at radius 3 is 2.53 bits per heavy atom. The van der Waals surface area contributed by atoms with Crippen LogP contribution in [-0.4, -0.2) is 23.3 Å². The van der Waals surface area contributed by atoms with E-state index in [1.807, 2.05) is 71.6 Å². The number of esters is 1. The maximum Gasteiger partial charge on any atom is 0.311 e. The van der Waals surface area contributed by atoms with Gasteiger partial charge < -0.3 is 9.64 Å². The molecular weight excluding hydrogens is 374 g/mol. The largest absolute Gasteiger partial charge is 0.444 e. The first kappa shape index (κ1) is 20.0. The predicted molar refractivity (Wildman–Crippen MR) is 115 cm³/mol. The Morgan fingerprint density at radius 2 is 1.83 bits per heavy atom. The number of amides is 1. The van der Waals surface area contributed by atoms with Crippen molar-refractivity contribution in [3.8, 4) is 12.3 Å². The van der Waals surface area contributed by atoms with Crippen LogP contribution in [0.2, 0.25) is 0 Å². The van der Waals surface area contributed by atoms with Crippen molar-refractivity contribution < 1.29 is 14.3 Å². The van der Waals surface area contributed by atoms with Gasteiger partial charge in [0.1, 0.15) is 0 Å². The maximum absolute atomic E-state index is 13.3. The second kappa shape index (κ2) is 9.00. The first-order chi connectivity index (χ1) is 14.7. The molecule has 0 radical (unpaired) electrons. The summed E-state index contributed by atoms with van der Waals surface area (Å²) >= 11 is 0. The van der Waals surface area contributed by atoms with Gasteiger partial charge in [-0.25, -0.2) is 0 Å². The van der Waals surface area contributed by atoms with Crippen molar-refractivity contribution in [2.45, 2.75) is 25.5 Å². The van der Waals surface area contributed by atoms with Gasteiger partial charge in [-0.05, 0) is 24.3 Å². The van der Waals surface area contributed by atoms with Crippen LogP contribution in [0.4, 0.5) is 0 Å². The third kappa shape index (κ3) is 4.16. The summed E-state index contributed by atoms with van der Waals surface area (Å²) in [7, 11) is 0. The lowest BCUT2D eigenvalue weighted by Gasteiger charge is -2.41. The van der Waals surface area contributed by atoms with Crippen LogP contribution < -0.4 is 0 Å². The highest BCUT2D eigenvalue weighted by molar-refractivity contribution is 5.87. The summed E-state index contributed by atoms with van der Waals surface area (Å²) in [6.07, 6.45) is 10.3. The van der Waals surface area contributed by atoms with Crippen molar-refractivity contribution in [3.63, 3.8) is 0 Å². The van der Waals surface area contributed by atoms with Gasteiger partial charge in [0.05, 0.1) is 11.8 Å². The lowest BCUT2D eigenvalue weighted by Crippen LogP contribution is -2.50. The molecule has 0 spiro atoms. The van der Waals surface area contributed by atoms with Crippen LogP contribution in [0, 0.1) is 30.1 Å². The molecule has 1 aliphatic carbocycles. The normalized spacial score (nSPS) is 23.9. The standard InChI is InChI=1S/C26H25NO3/c1-2-23(20-12-7-4-8-13-20)30-26(29)22-15-9-14-21-16-17-27(25(28)24(21)22)18-19-10-5-3-6-11-19/h1,3-14,21-24H,15-18H2. The number of fused-ring (bicyclic) bond motifs is 1. The number of ether oxygens (including phenoxy) is 1. The fourth-order valence-electron chi connectivity index (χ4n) is 4.45. The van der Waals surface area contributed by atoms with E-state index in [2.05, 4.69) is 12.0 Å². The van der Waals surface area contributed by atoms with E-state index in [4.69, 9.17) is 11.2 Å². The molecule has 0 saturated carbocycles. The monoisotopic (exact) mass is 399 g/mol. The number of hydrogen-bond acceptors (Lipinski definition) is 3. The zero-order chi connectivity index (χ0) is 20.9. The van der Waals surface area contributed by atoms with E-state index in [9.17, 15) is 9.59 Å². The molecule has 4 unspecified atom stereocenters. The molecule has 2 aromatic carbocycles. The molecule has 0 bridgehead atoms. The number of hydrogen-bond donors (Lipinski definition) is 0. The minimum Gasteiger partial charge on any atom is -0.444 e. The van der Waals surface area contributed by atoms with Gasteiger partial charge in [0.15, 0.2) is 6.10 Å². The number of nitrogens with zero attached hydrogens (tertiary/aromatic N) is 1. The Kier molecular flexibility index (Phi) is 5.99. The van der Waals surface area contributed by atoms with Crippen LogP contribution in [0.5, 0.6) is 0 Å². The zero-order valence-corrected chi connectivity index (χ0v) is 16.8. The summed E-state index contributed by atoms with van der Waals surface area (Å²) in [4.78, 5) is 28.3. The molecule has 1 amide bonds. The van der Waals surface area contributed by atoms with Crippen molar-refractivity contribution in [2.24, 2.45) is 17.8 Å². The van der Waals surface area contributed by atoms with Gasteiger partial charge in [-0.3, -0.25) is 9.59 Å². The highest BCUT2D eigenvalue weighted by Gasteiger charge is 2.45. The second-order valence-electron chi connectivity index (χ2n) is 7.89. The third-order valence-corrected chi connectivity index (χ3v) is 6.00. The molecule has 30 heavy (non-hydrogen) atoms. The molecule has 4 nitrogen and oxygen atoms in total. The fourth-order valence-corrected chi connectivity index (χ4v) is 4.45. The van der Waals surface area contributed by atoms with Crippen molar-refractivity contribution >= 4 is 11.9 Å². The van der Waals surface area contributed by atoms with E-state index in [0.717, 1.165) is 17.5 Å². The molecule has 4 atom stereocenters. The van der Waals surface area contributed by atoms with E-state index in [1.54, 1.807) is 0 Å². The minimum absolute atomic E-state index is 0.0263. The number of terminal acetylenes is 1. The summed E-state index contributed by atoms with van der Waals surface area (Å²) < 4.78 is 5.70. The highest BCUT2D eigenvalue weighted by Crippen LogP contribution is 2.39. The van der Waals surface area contributed by atoms with Crippen molar-refractivity contribution in [2.75, 3.05) is 6.54 Å². The van der Waals surface area contributed by atoms with Crippen LogP contribution in [0.25, 0.3) is 0 Å². The molecule has 1 saturated heterocycles. The molecule has 2 aromatic rings. The molecule has 1 aliphatic heterocycles. The number of allylic oxidation sites excluding steroid dienone is 2. The van der Waals surface area contributed by atoms with Crippen LogP contribution in [0.3, 0.4) is 0 Å². The Balaban J connectivity index is 1.50. The summed E-state index contributed by atoms with van der Waals surface area (Å²) in [5.41, 5.74) is 1.85. The summed E-state index contributed by atoms with van der Waals surface area (Å²) in [6.45, 7) is 1.25.